The fourth-order valence-corrected chi connectivity index (χ4v) is 1.40. The van der Waals surface area contributed by atoms with E-state index >= 15 is 0 Å². The molecule has 0 N–H and O–H groups in total. The van der Waals surface area contributed by atoms with E-state index in [-0.39, 0.29) is 11.9 Å². The number of ether oxygens (including phenoxy) is 2. The molecule has 0 heterocycles. The van der Waals surface area contributed by atoms with Crippen LogP contribution in [0.5, 0.6) is 0 Å². The second-order valence-corrected chi connectivity index (χ2v) is 3.56. The maximum atomic E-state index is 10.9. The highest BCUT2D eigenvalue weighted by Gasteiger charge is 2.10. The number of carbonyl (C=O) groups is 2. The Hall–Kier alpha value is -0.810. The number of rotatable bonds is 8. The lowest BCUT2D eigenvalue weighted by atomic mass is 10.3. The van der Waals surface area contributed by atoms with Crippen LogP contribution in [0.3, 0.4) is 0 Å². The Morgan fingerprint density at radius 2 is 1.44 bits per heavy atom. The number of halogens is 1. The third-order valence-corrected chi connectivity index (χ3v) is 2.29. The molecule has 0 aromatic carbocycles. The largest absolute Gasteiger partial charge is 0.469 e. The van der Waals surface area contributed by atoms with Gasteiger partial charge in [0, 0.05) is 25.5 Å². The zero-order valence-electron chi connectivity index (χ0n) is 9.70. The van der Waals surface area contributed by atoms with Crippen molar-refractivity contribution >= 4 is 23.5 Å². The normalized spacial score (nSPS) is 10.2. The van der Waals surface area contributed by atoms with E-state index in [1.165, 1.54) is 14.2 Å². The van der Waals surface area contributed by atoms with Crippen LogP contribution in [0.15, 0.2) is 0 Å². The summed E-state index contributed by atoms with van der Waals surface area (Å²) in [6.45, 7) is 1.71. The molecule has 0 rings (SSSR count). The van der Waals surface area contributed by atoms with Crippen LogP contribution in [0.25, 0.3) is 0 Å². The summed E-state index contributed by atoms with van der Waals surface area (Å²) in [5.74, 6) is -0.0715. The Kier molecular flexibility index (Phi) is 8.94. The molecular weight excluding hydrogens is 234 g/mol. The van der Waals surface area contributed by atoms with Crippen molar-refractivity contribution in [2.45, 2.75) is 12.8 Å². The van der Waals surface area contributed by atoms with Crippen LogP contribution >= 0.6 is 11.6 Å². The van der Waals surface area contributed by atoms with E-state index in [2.05, 4.69) is 9.47 Å². The summed E-state index contributed by atoms with van der Waals surface area (Å²) in [5.41, 5.74) is 0. The Balaban J connectivity index is 3.87. The van der Waals surface area contributed by atoms with Gasteiger partial charge in [-0.2, -0.15) is 0 Å². The topological polar surface area (TPSA) is 55.8 Å². The number of hydrogen-bond acceptors (Lipinski definition) is 5. The highest BCUT2D eigenvalue weighted by Crippen LogP contribution is 1.98. The lowest BCUT2D eigenvalue weighted by molar-refractivity contribution is -0.141. The Morgan fingerprint density at radius 1 is 1.00 bits per heavy atom. The fraction of sp³-hybridized carbons (Fsp3) is 0.800. The molecule has 94 valence electrons. The van der Waals surface area contributed by atoms with E-state index in [4.69, 9.17) is 11.6 Å². The predicted octanol–water partition coefficient (Wildman–Crippen LogP) is 0.653. The standard InChI is InChI=1S/C10H18ClNO4/c1-15-9(13)3-6-12(8-5-11)7-4-10(14)16-2/h3-8H2,1-2H3. The molecule has 0 amide bonds. The summed E-state index contributed by atoms with van der Waals surface area (Å²) >= 11 is 5.62. The van der Waals surface area contributed by atoms with E-state index in [1.54, 1.807) is 0 Å². The van der Waals surface area contributed by atoms with Gasteiger partial charge < -0.3 is 14.4 Å². The molecule has 0 spiro atoms. The van der Waals surface area contributed by atoms with Gasteiger partial charge >= 0.3 is 11.9 Å². The monoisotopic (exact) mass is 251 g/mol. The van der Waals surface area contributed by atoms with E-state index in [9.17, 15) is 9.59 Å². The van der Waals surface area contributed by atoms with E-state index in [0.717, 1.165) is 0 Å². The Labute approximate surface area is 101 Å². The molecule has 0 unspecified atom stereocenters. The Bertz CT molecular complexity index is 203. The number of esters is 2. The fourth-order valence-electron chi connectivity index (χ4n) is 1.16. The number of carbonyl (C=O) groups excluding carboxylic acids is 2. The zero-order chi connectivity index (χ0) is 12.4. The molecule has 16 heavy (non-hydrogen) atoms. The van der Waals surface area contributed by atoms with Crippen LogP contribution in [0, 0.1) is 0 Å². The van der Waals surface area contributed by atoms with Crippen molar-refractivity contribution in [3.63, 3.8) is 0 Å². The molecule has 0 fully saturated rings. The minimum atomic E-state index is -0.266. The average molecular weight is 252 g/mol. The summed E-state index contributed by atoms with van der Waals surface area (Å²) < 4.78 is 9.07. The van der Waals surface area contributed by atoms with Crippen LogP contribution in [0.4, 0.5) is 0 Å². The van der Waals surface area contributed by atoms with E-state index < -0.39 is 0 Å². The molecule has 6 heteroatoms. The number of methoxy groups -OCH3 is 2. The lowest BCUT2D eigenvalue weighted by Gasteiger charge is -2.19. The first-order valence-electron chi connectivity index (χ1n) is 5.06. The van der Waals surface area contributed by atoms with Gasteiger partial charge in [0.15, 0.2) is 0 Å². The molecule has 5 nitrogen and oxygen atoms in total. The minimum absolute atomic E-state index is 0.266. The second-order valence-electron chi connectivity index (χ2n) is 3.18. The van der Waals surface area contributed by atoms with Gasteiger partial charge in [-0.25, -0.2) is 0 Å². The molecule has 0 atom stereocenters. The van der Waals surface area contributed by atoms with Gasteiger partial charge in [-0.05, 0) is 0 Å². The number of hydrogen-bond donors (Lipinski definition) is 0. The smallest absolute Gasteiger partial charge is 0.306 e. The first-order chi connectivity index (χ1) is 7.63. The van der Waals surface area contributed by atoms with Crippen LogP contribution in [-0.2, 0) is 19.1 Å². The quantitative estimate of drug-likeness (QED) is 0.468. The third kappa shape index (κ3) is 7.48. The molecule has 0 aromatic heterocycles. The summed E-state index contributed by atoms with van der Waals surface area (Å²) in [5, 5.41) is 0. The molecule has 0 saturated heterocycles. The van der Waals surface area contributed by atoms with Gasteiger partial charge in [0.25, 0.3) is 0 Å². The van der Waals surface area contributed by atoms with Crippen molar-refractivity contribution in [3.8, 4) is 0 Å². The summed E-state index contributed by atoms with van der Waals surface area (Å²) in [6, 6.07) is 0. The minimum Gasteiger partial charge on any atom is -0.469 e. The van der Waals surface area contributed by atoms with E-state index in [0.29, 0.717) is 38.4 Å². The van der Waals surface area contributed by atoms with Gasteiger partial charge in [0.1, 0.15) is 0 Å². The third-order valence-electron chi connectivity index (χ3n) is 2.12. The van der Waals surface area contributed by atoms with Crippen LogP contribution < -0.4 is 0 Å². The van der Waals surface area contributed by atoms with E-state index in [1.807, 2.05) is 4.90 Å². The number of nitrogens with zero attached hydrogens (tertiary/aromatic N) is 1. The molecule has 0 saturated carbocycles. The molecule has 0 radical (unpaired) electrons. The number of alkyl halides is 1. The molecule has 0 bridgehead atoms. The molecule has 0 aliphatic carbocycles. The van der Waals surface area contributed by atoms with Gasteiger partial charge in [-0.15, -0.1) is 11.6 Å². The zero-order valence-corrected chi connectivity index (χ0v) is 10.5. The first kappa shape index (κ1) is 15.2. The van der Waals surface area contributed by atoms with Crippen LogP contribution in [-0.4, -0.2) is 56.6 Å². The molecule has 0 aliphatic rings. The SMILES string of the molecule is COC(=O)CCN(CCCl)CCC(=O)OC. The molecular formula is C10H18ClNO4. The van der Waals surface area contributed by atoms with Gasteiger partial charge in [0.2, 0.25) is 0 Å². The summed E-state index contributed by atoms with van der Waals surface area (Å²) in [6.07, 6.45) is 0.600. The lowest BCUT2D eigenvalue weighted by Crippen LogP contribution is -2.31. The van der Waals surface area contributed by atoms with Crippen molar-refractivity contribution in [1.82, 2.24) is 4.90 Å². The van der Waals surface area contributed by atoms with Crippen molar-refractivity contribution in [2.75, 3.05) is 39.7 Å². The van der Waals surface area contributed by atoms with Crippen molar-refractivity contribution in [2.24, 2.45) is 0 Å². The highest BCUT2D eigenvalue weighted by molar-refractivity contribution is 6.18. The highest BCUT2D eigenvalue weighted by atomic mass is 35.5. The van der Waals surface area contributed by atoms with Crippen molar-refractivity contribution in [1.29, 1.82) is 0 Å². The molecule has 0 aromatic rings. The maximum Gasteiger partial charge on any atom is 0.306 e. The first-order valence-corrected chi connectivity index (χ1v) is 5.59. The summed E-state index contributed by atoms with van der Waals surface area (Å²) in [4.78, 5) is 23.8. The molecule has 0 aliphatic heterocycles. The predicted molar refractivity (Wildman–Crippen MR) is 60.4 cm³/mol. The second kappa shape index (κ2) is 9.42. The maximum absolute atomic E-state index is 10.9. The van der Waals surface area contributed by atoms with Crippen molar-refractivity contribution < 1.29 is 19.1 Å². The van der Waals surface area contributed by atoms with Gasteiger partial charge in [-0.3, -0.25) is 9.59 Å². The van der Waals surface area contributed by atoms with Crippen LogP contribution in [0.2, 0.25) is 0 Å². The van der Waals surface area contributed by atoms with Gasteiger partial charge in [0.05, 0.1) is 27.1 Å². The summed E-state index contributed by atoms with van der Waals surface area (Å²) in [7, 11) is 2.70. The van der Waals surface area contributed by atoms with Gasteiger partial charge in [-0.1, -0.05) is 0 Å². The van der Waals surface area contributed by atoms with Crippen LogP contribution in [0.1, 0.15) is 12.8 Å². The average Bonchev–Trinajstić information content (AvgIpc) is 2.31. The van der Waals surface area contributed by atoms with Crippen molar-refractivity contribution in [3.05, 3.63) is 0 Å². The Morgan fingerprint density at radius 3 is 1.75 bits per heavy atom.